The van der Waals surface area contributed by atoms with Crippen LogP contribution in [0.4, 0.5) is 0 Å². The summed E-state index contributed by atoms with van der Waals surface area (Å²) in [6, 6.07) is 11.9. The standard InChI is InChI=1S/C13H10ClN3/c14-13-7-10(5-6-15-13)8-17-9-16-11-3-1-2-4-12(11)17/h1-7,9H,8H2. The molecule has 0 saturated heterocycles. The fourth-order valence-electron chi connectivity index (χ4n) is 1.87. The van der Waals surface area contributed by atoms with Crippen LogP contribution in [0.25, 0.3) is 11.0 Å². The minimum absolute atomic E-state index is 0.520. The van der Waals surface area contributed by atoms with E-state index in [2.05, 4.69) is 20.6 Å². The van der Waals surface area contributed by atoms with E-state index in [0.29, 0.717) is 5.15 Å². The molecule has 4 heteroatoms. The minimum Gasteiger partial charge on any atom is -0.326 e. The maximum Gasteiger partial charge on any atom is 0.129 e. The predicted octanol–water partition coefficient (Wildman–Crippen LogP) is 3.13. The minimum atomic E-state index is 0.520. The molecule has 0 N–H and O–H groups in total. The lowest BCUT2D eigenvalue weighted by Crippen LogP contribution is -1.97. The average Bonchev–Trinajstić information content (AvgIpc) is 2.73. The third-order valence-corrected chi connectivity index (χ3v) is 2.88. The number of imidazole rings is 1. The van der Waals surface area contributed by atoms with Crippen molar-refractivity contribution in [1.29, 1.82) is 0 Å². The predicted molar refractivity (Wildman–Crippen MR) is 68.1 cm³/mol. The lowest BCUT2D eigenvalue weighted by molar-refractivity contribution is 0.822. The number of hydrogen-bond donors (Lipinski definition) is 0. The monoisotopic (exact) mass is 243 g/mol. The van der Waals surface area contributed by atoms with Crippen LogP contribution in [0.2, 0.25) is 5.15 Å². The molecule has 3 aromatic rings. The number of fused-ring (bicyclic) bond motifs is 1. The van der Waals surface area contributed by atoms with Gasteiger partial charge < -0.3 is 4.57 Å². The number of hydrogen-bond acceptors (Lipinski definition) is 2. The Morgan fingerprint density at radius 2 is 2.00 bits per heavy atom. The lowest BCUT2D eigenvalue weighted by atomic mass is 10.2. The van der Waals surface area contributed by atoms with E-state index in [-0.39, 0.29) is 0 Å². The Balaban J connectivity index is 2.00. The summed E-state index contributed by atoms with van der Waals surface area (Å²) in [6.45, 7) is 0.753. The highest BCUT2D eigenvalue weighted by Crippen LogP contribution is 2.15. The zero-order valence-electron chi connectivity index (χ0n) is 9.05. The molecular weight excluding hydrogens is 234 g/mol. The van der Waals surface area contributed by atoms with Gasteiger partial charge in [0, 0.05) is 12.7 Å². The molecule has 3 rings (SSSR count). The van der Waals surface area contributed by atoms with E-state index < -0.39 is 0 Å². The van der Waals surface area contributed by atoms with Crippen molar-refractivity contribution in [3.8, 4) is 0 Å². The zero-order valence-corrected chi connectivity index (χ0v) is 9.80. The van der Waals surface area contributed by atoms with Gasteiger partial charge in [-0.1, -0.05) is 23.7 Å². The molecule has 0 atom stereocenters. The first-order valence-corrected chi connectivity index (χ1v) is 5.71. The molecule has 0 unspecified atom stereocenters. The number of nitrogens with zero attached hydrogens (tertiary/aromatic N) is 3. The molecule has 0 aliphatic heterocycles. The Labute approximate surface area is 104 Å². The third kappa shape index (κ3) is 2.01. The second kappa shape index (κ2) is 4.18. The van der Waals surface area contributed by atoms with Crippen LogP contribution in [0.1, 0.15) is 5.56 Å². The van der Waals surface area contributed by atoms with Crippen molar-refractivity contribution in [3.05, 3.63) is 59.6 Å². The van der Waals surface area contributed by atoms with E-state index in [9.17, 15) is 0 Å². The van der Waals surface area contributed by atoms with Crippen LogP contribution in [-0.2, 0) is 6.54 Å². The highest BCUT2D eigenvalue weighted by molar-refractivity contribution is 6.29. The van der Waals surface area contributed by atoms with Gasteiger partial charge >= 0.3 is 0 Å². The molecule has 0 fully saturated rings. The second-order valence-corrected chi connectivity index (χ2v) is 4.24. The van der Waals surface area contributed by atoms with Crippen molar-refractivity contribution in [3.63, 3.8) is 0 Å². The first-order chi connectivity index (χ1) is 8.33. The van der Waals surface area contributed by atoms with Gasteiger partial charge in [-0.25, -0.2) is 9.97 Å². The molecule has 0 radical (unpaired) electrons. The van der Waals surface area contributed by atoms with E-state index in [1.165, 1.54) is 0 Å². The maximum atomic E-state index is 5.87. The summed E-state index contributed by atoms with van der Waals surface area (Å²) < 4.78 is 2.10. The summed E-state index contributed by atoms with van der Waals surface area (Å²) in [5.41, 5.74) is 3.25. The lowest BCUT2D eigenvalue weighted by Gasteiger charge is -2.04. The Kier molecular flexibility index (Phi) is 2.53. The fraction of sp³-hybridized carbons (Fsp3) is 0.0769. The number of pyridine rings is 1. The normalized spacial score (nSPS) is 10.9. The molecule has 2 aromatic heterocycles. The van der Waals surface area contributed by atoms with Crippen LogP contribution in [-0.4, -0.2) is 14.5 Å². The Hall–Kier alpha value is -1.87. The number of halogens is 1. The van der Waals surface area contributed by atoms with Crippen molar-refractivity contribution >= 4 is 22.6 Å². The van der Waals surface area contributed by atoms with E-state index in [1.54, 1.807) is 6.20 Å². The van der Waals surface area contributed by atoms with Crippen LogP contribution < -0.4 is 0 Å². The van der Waals surface area contributed by atoms with Gasteiger partial charge in [-0.2, -0.15) is 0 Å². The number of benzene rings is 1. The summed E-state index contributed by atoms with van der Waals surface area (Å²) in [4.78, 5) is 8.32. The molecule has 0 saturated carbocycles. The van der Waals surface area contributed by atoms with Crippen molar-refractivity contribution < 1.29 is 0 Å². The second-order valence-electron chi connectivity index (χ2n) is 3.85. The number of aromatic nitrogens is 3. The zero-order chi connectivity index (χ0) is 11.7. The smallest absolute Gasteiger partial charge is 0.129 e. The van der Waals surface area contributed by atoms with Crippen LogP contribution in [0.5, 0.6) is 0 Å². The number of rotatable bonds is 2. The van der Waals surface area contributed by atoms with Gasteiger partial charge in [0.2, 0.25) is 0 Å². The van der Waals surface area contributed by atoms with Gasteiger partial charge in [-0.15, -0.1) is 0 Å². The molecule has 0 aliphatic rings. The van der Waals surface area contributed by atoms with Crippen molar-refractivity contribution in [2.45, 2.75) is 6.54 Å². The van der Waals surface area contributed by atoms with Crippen LogP contribution in [0.15, 0.2) is 48.9 Å². The molecule has 0 amide bonds. The highest BCUT2D eigenvalue weighted by Gasteiger charge is 2.02. The van der Waals surface area contributed by atoms with Crippen molar-refractivity contribution in [1.82, 2.24) is 14.5 Å². The summed E-state index contributed by atoms with van der Waals surface area (Å²) >= 11 is 5.87. The quantitative estimate of drug-likeness (QED) is 0.648. The van der Waals surface area contributed by atoms with Gasteiger partial charge in [0.15, 0.2) is 0 Å². The SMILES string of the molecule is Clc1cc(Cn2cnc3ccccc32)ccn1. The molecule has 0 aliphatic carbocycles. The van der Waals surface area contributed by atoms with Gasteiger partial charge in [0.25, 0.3) is 0 Å². The topological polar surface area (TPSA) is 30.7 Å². The molecule has 0 bridgehead atoms. The van der Waals surface area contributed by atoms with Gasteiger partial charge in [0.1, 0.15) is 5.15 Å². The largest absolute Gasteiger partial charge is 0.326 e. The summed E-state index contributed by atoms with van der Waals surface area (Å²) in [7, 11) is 0. The Morgan fingerprint density at radius 1 is 1.12 bits per heavy atom. The first kappa shape index (κ1) is 10.3. The van der Waals surface area contributed by atoms with E-state index in [0.717, 1.165) is 23.1 Å². The van der Waals surface area contributed by atoms with Crippen molar-refractivity contribution in [2.75, 3.05) is 0 Å². The van der Waals surface area contributed by atoms with Gasteiger partial charge in [0.05, 0.1) is 17.4 Å². The van der Waals surface area contributed by atoms with E-state index in [4.69, 9.17) is 11.6 Å². The van der Waals surface area contributed by atoms with E-state index >= 15 is 0 Å². The van der Waals surface area contributed by atoms with Crippen LogP contribution in [0.3, 0.4) is 0 Å². The maximum absolute atomic E-state index is 5.87. The third-order valence-electron chi connectivity index (χ3n) is 2.67. The molecule has 1 aromatic carbocycles. The highest BCUT2D eigenvalue weighted by atomic mass is 35.5. The summed E-state index contributed by atoms with van der Waals surface area (Å²) in [5, 5.41) is 0.520. The molecule has 17 heavy (non-hydrogen) atoms. The van der Waals surface area contributed by atoms with Gasteiger partial charge in [-0.05, 0) is 29.8 Å². The fourth-order valence-corrected chi connectivity index (χ4v) is 2.07. The Morgan fingerprint density at radius 3 is 2.88 bits per heavy atom. The van der Waals surface area contributed by atoms with E-state index in [1.807, 2.05) is 36.7 Å². The average molecular weight is 244 g/mol. The van der Waals surface area contributed by atoms with Crippen LogP contribution in [0, 0.1) is 0 Å². The van der Waals surface area contributed by atoms with Gasteiger partial charge in [-0.3, -0.25) is 0 Å². The van der Waals surface area contributed by atoms with Crippen molar-refractivity contribution in [2.24, 2.45) is 0 Å². The summed E-state index contributed by atoms with van der Waals surface area (Å²) in [6.07, 6.45) is 3.57. The molecular formula is C13H10ClN3. The van der Waals surface area contributed by atoms with Crippen LogP contribution >= 0.6 is 11.6 Å². The molecule has 0 spiro atoms. The molecule has 2 heterocycles. The molecule has 3 nitrogen and oxygen atoms in total. The summed E-state index contributed by atoms with van der Waals surface area (Å²) in [5.74, 6) is 0. The molecule has 84 valence electrons. The Bertz CT molecular complexity index is 660. The first-order valence-electron chi connectivity index (χ1n) is 5.33. The number of para-hydroxylation sites is 2.